The third kappa shape index (κ3) is 2.09. The maximum absolute atomic E-state index is 12.1. The van der Waals surface area contributed by atoms with Crippen LogP contribution in [0.15, 0.2) is 24.3 Å². The summed E-state index contributed by atoms with van der Waals surface area (Å²) in [4.78, 5) is 12.1. The summed E-state index contributed by atoms with van der Waals surface area (Å²) in [7, 11) is 0. The minimum Gasteiger partial charge on any atom is -0.507 e. The van der Waals surface area contributed by atoms with Crippen molar-refractivity contribution in [2.75, 3.05) is 0 Å². The molecule has 1 aliphatic rings. The average Bonchev–Trinajstić information content (AvgIpc) is 2.29. The predicted octanol–water partition coefficient (Wildman–Crippen LogP) is 2.13. The molecule has 0 amide bonds. The molecule has 1 aromatic rings. The molecular formula is C13H16O3. The van der Waals surface area contributed by atoms with E-state index in [1.165, 1.54) is 6.07 Å². The fourth-order valence-electron chi connectivity index (χ4n) is 2.30. The van der Waals surface area contributed by atoms with E-state index in [-0.39, 0.29) is 17.5 Å². The first kappa shape index (κ1) is 11.1. The number of benzene rings is 1. The minimum absolute atomic E-state index is 0.00488. The minimum atomic E-state index is -0.555. The van der Waals surface area contributed by atoms with Crippen LogP contribution >= 0.6 is 0 Å². The van der Waals surface area contributed by atoms with Crippen molar-refractivity contribution in [1.29, 1.82) is 0 Å². The molecule has 2 rings (SSSR count). The molecule has 1 aromatic carbocycles. The molecule has 0 radical (unpaired) electrons. The lowest BCUT2D eigenvalue weighted by molar-refractivity contribution is 0.0523. The SMILES string of the molecule is O=C(c1ccccc1O)C1CCCCC1O. The molecule has 0 spiro atoms. The van der Waals surface area contributed by atoms with Crippen LogP contribution in [0.2, 0.25) is 0 Å². The van der Waals surface area contributed by atoms with Crippen LogP contribution in [0.5, 0.6) is 5.75 Å². The van der Waals surface area contributed by atoms with E-state index in [0.29, 0.717) is 18.4 Å². The van der Waals surface area contributed by atoms with E-state index in [9.17, 15) is 15.0 Å². The normalized spacial score (nSPS) is 25.3. The number of hydrogen-bond donors (Lipinski definition) is 2. The van der Waals surface area contributed by atoms with Gasteiger partial charge in [0.2, 0.25) is 0 Å². The summed E-state index contributed by atoms with van der Waals surface area (Å²) in [6.07, 6.45) is 2.80. The molecular weight excluding hydrogens is 204 g/mol. The number of phenols is 1. The Morgan fingerprint density at radius 3 is 2.56 bits per heavy atom. The van der Waals surface area contributed by atoms with Gasteiger partial charge in [-0.3, -0.25) is 4.79 Å². The van der Waals surface area contributed by atoms with Crippen LogP contribution in [0, 0.1) is 5.92 Å². The van der Waals surface area contributed by atoms with Crippen LogP contribution < -0.4 is 0 Å². The first-order valence-electron chi connectivity index (χ1n) is 5.70. The van der Waals surface area contributed by atoms with Crippen molar-refractivity contribution in [3.8, 4) is 5.75 Å². The van der Waals surface area contributed by atoms with E-state index in [4.69, 9.17) is 0 Å². The molecule has 2 atom stereocenters. The number of phenolic OH excluding ortho intramolecular Hbond substituents is 1. The average molecular weight is 220 g/mol. The number of rotatable bonds is 2. The molecule has 2 N–H and O–H groups in total. The molecule has 3 nitrogen and oxygen atoms in total. The second-order valence-electron chi connectivity index (χ2n) is 4.34. The van der Waals surface area contributed by atoms with E-state index in [2.05, 4.69) is 0 Å². The van der Waals surface area contributed by atoms with Gasteiger partial charge in [-0.2, -0.15) is 0 Å². The third-order valence-electron chi connectivity index (χ3n) is 3.24. The van der Waals surface area contributed by atoms with Gasteiger partial charge in [-0.25, -0.2) is 0 Å². The van der Waals surface area contributed by atoms with Crippen LogP contribution in [-0.4, -0.2) is 22.1 Å². The number of ketones is 1. The lowest BCUT2D eigenvalue weighted by atomic mass is 9.81. The maximum atomic E-state index is 12.1. The second-order valence-corrected chi connectivity index (χ2v) is 4.34. The Bertz CT molecular complexity index is 387. The number of hydrogen-bond acceptors (Lipinski definition) is 3. The summed E-state index contributed by atoms with van der Waals surface area (Å²) >= 11 is 0. The van der Waals surface area contributed by atoms with Gasteiger partial charge < -0.3 is 10.2 Å². The highest BCUT2D eigenvalue weighted by Gasteiger charge is 2.30. The van der Waals surface area contributed by atoms with Gasteiger partial charge in [-0.1, -0.05) is 25.0 Å². The molecule has 1 aliphatic carbocycles. The number of aromatic hydroxyl groups is 1. The summed E-state index contributed by atoms with van der Waals surface area (Å²) in [6.45, 7) is 0. The monoisotopic (exact) mass is 220 g/mol. The Hall–Kier alpha value is -1.35. The molecule has 0 aliphatic heterocycles. The Morgan fingerprint density at radius 2 is 1.88 bits per heavy atom. The highest BCUT2D eigenvalue weighted by Crippen LogP contribution is 2.29. The molecule has 1 fully saturated rings. The molecule has 2 unspecified atom stereocenters. The zero-order chi connectivity index (χ0) is 11.5. The summed E-state index contributed by atoms with van der Waals surface area (Å²) in [5.74, 6) is -0.474. The van der Waals surface area contributed by atoms with E-state index >= 15 is 0 Å². The van der Waals surface area contributed by atoms with E-state index < -0.39 is 6.10 Å². The zero-order valence-electron chi connectivity index (χ0n) is 9.10. The number of carbonyl (C=O) groups excluding carboxylic acids is 1. The largest absolute Gasteiger partial charge is 0.507 e. The number of carbonyl (C=O) groups is 1. The van der Waals surface area contributed by atoms with Gasteiger partial charge in [0.05, 0.1) is 11.7 Å². The van der Waals surface area contributed by atoms with Gasteiger partial charge >= 0.3 is 0 Å². The standard InChI is InChI=1S/C13H16O3/c14-11-7-3-1-5-9(11)13(16)10-6-2-4-8-12(10)15/h1,3,5,7,10,12,14-15H,2,4,6,8H2. The highest BCUT2D eigenvalue weighted by molar-refractivity contribution is 6.00. The van der Waals surface area contributed by atoms with Crippen molar-refractivity contribution < 1.29 is 15.0 Å². The highest BCUT2D eigenvalue weighted by atomic mass is 16.3. The predicted molar refractivity (Wildman–Crippen MR) is 60.4 cm³/mol. The van der Waals surface area contributed by atoms with Crippen LogP contribution in [0.25, 0.3) is 0 Å². The topological polar surface area (TPSA) is 57.5 Å². The van der Waals surface area contributed by atoms with E-state index in [0.717, 1.165) is 12.8 Å². The van der Waals surface area contributed by atoms with Gasteiger partial charge in [0.15, 0.2) is 5.78 Å². The van der Waals surface area contributed by atoms with Gasteiger partial charge in [-0.05, 0) is 25.0 Å². The fourth-order valence-corrected chi connectivity index (χ4v) is 2.30. The van der Waals surface area contributed by atoms with Crippen molar-refractivity contribution in [2.24, 2.45) is 5.92 Å². The molecule has 3 heteroatoms. The molecule has 0 bridgehead atoms. The fraction of sp³-hybridized carbons (Fsp3) is 0.462. The Kier molecular flexibility index (Phi) is 3.25. The molecule has 86 valence electrons. The van der Waals surface area contributed by atoms with Gasteiger partial charge in [0, 0.05) is 5.92 Å². The quantitative estimate of drug-likeness (QED) is 0.751. The van der Waals surface area contributed by atoms with Crippen molar-refractivity contribution in [3.05, 3.63) is 29.8 Å². The van der Waals surface area contributed by atoms with Crippen LogP contribution in [0.4, 0.5) is 0 Å². The third-order valence-corrected chi connectivity index (χ3v) is 3.24. The maximum Gasteiger partial charge on any atom is 0.172 e. The Labute approximate surface area is 94.7 Å². The molecule has 0 aromatic heterocycles. The molecule has 0 saturated heterocycles. The van der Waals surface area contributed by atoms with Crippen molar-refractivity contribution >= 4 is 5.78 Å². The summed E-state index contributed by atoms with van der Waals surface area (Å²) in [5, 5.41) is 19.4. The smallest absolute Gasteiger partial charge is 0.172 e. The van der Waals surface area contributed by atoms with Crippen molar-refractivity contribution in [2.45, 2.75) is 31.8 Å². The van der Waals surface area contributed by atoms with Crippen LogP contribution in [0.3, 0.4) is 0 Å². The van der Waals surface area contributed by atoms with Crippen molar-refractivity contribution in [1.82, 2.24) is 0 Å². The summed E-state index contributed by atoms with van der Waals surface area (Å²) < 4.78 is 0. The number of aliphatic hydroxyl groups excluding tert-OH is 1. The molecule has 1 saturated carbocycles. The van der Waals surface area contributed by atoms with Crippen LogP contribution in [0.1, 0.15) is 36.0 Å². The van der Waals surface area contributed by atoms with Gasteiger partial charge in [-0.15, -0.1) is 0 Å². The number of aliphatic hydroxyl groups is 1. The van der Waals surface area contributed by atoms with E-state index in [1.54, 1.807) is 18.2 Å². The summed E-state index contributed by atoms with van der Waals surface area (Å²) in [5.41, 5.74) is 0.327. The summed E-state index contributed by atoms with van der Waals surface area (Å²) in [6, 6.07) is 6.52. The lowest BCUT2D eigenvalue weighted by Gasteiger charge is -2.26. The zero-order valence-corrected chi connectivity index (χ0v) is 9.10. The van der Waals surface area contributed by atoms with Gasteiger partial charge in [0.1, 0.15) is 5.75 Å². The number of para-hydroxylation sites is 1. The first-order valence-corrected chi connectivity index (χ1v) is 5.70. The first-order chi connectivity index (χ1) is 7.70. The van der Waals surface area contributed by atoms with E-state index in [1.807, 2.05) is 0 Å². The lowest BCUT2D eigenvalue weighted by Crippen LogP contribution is -2.31. The Balaban J connectivity index is 2.21. The Morgan fingerprint density at radius 1 is 1.19 bits per heavy atom. The van der Waals surface area contributed by atoms with Gasteiger partial charge in [0.25, 0.3) is 0 Å². The number of Topliss-reactive ketones (excluding diaryl/α,β-unsaturated/α-hetero) is 1. The molecule has 16 heavy (non-hydrogen) atoms. The van der Waals surface area contributed by atoms with Crippen molar-refractivity contribution in [3.63, 3.8) is 0 Å². The molecule has 0 heterocycles. The van der Waals surface area contributed by atoms with Crippen LogP contribution in [-0.2, 0) is 0 Å². The second kappa shape index (κ2) is 4.66.